The maximum atomic E-state index is 15.5. The van der Waals surface area contributed by atoms with Gasteiger partial charge in [0.2, 0.25) is 46.2 Å². The van der Waals surface area contributed by atoms with Crippen LogP contribution in [0, 0.1) is 76.6 Å². The first-order valence-electron chi connectivity index (χ1n) is 36.2. The molecule has 40 nitrogen and oxygen atoms in total. The second kappa shape index (κ2) is 34.3. The number of ether oxygens (including phenoxy) is 5. The fourth-order valence-electron chi connectivity index (χ4n) is 14.3. The number of nitrogens with one attached hydrogen (secondary N) is 4. The van der Waals surface area contributed by atoms with Gasteiger partial charge in [0.15, 0.2) is 75.7 Å². The molecule has 22 N–H and O–H groups in total. The number of nitrogens with two attached hydrogens (primary N) is 4. The zero-order valence-corrected chi connectivity index (χ0v) is 65.9. The Bertz CT molecular complexity index is 5790. The monoisotopic (exact) mass is 1700 g/mol. The molecule has 10 aromatic rings. The van der Waals surface area contributed by atoms with Gasteiger partial charge in [-0.05, 0) is 82.2 Å². The van der Waals surface area contributed by atoms with Crippen molar-refractivity contribution in [3.8, 4) is 59.2 Å². The average Bonchev–Trinajstić information content (AvgIpc) is 1.61. The topological polar surface area (TPSA) is 608 Å². The highest BCUT2D eigenvalue weighted by Crippen LogP contribution is 2.49. The van der Waals surface area contributed by atoms with Crippen molar-refractivity contribution < 1.29 is 101 Å². The maximum absolute atomic E-state index is 15.5. The predicted molar refractivity (Wildman–Crippen MR) is 414 cm³/mol. The predicted octanol–water partition coefficient (Wildman–Crippen LogP) is -0.486. The number of aromatic amines is 4. The van der Waals surface area contributed by atoms with Crippen LogP contribution in [0.25, 0.3) is 55.6 Å². The lowest BCUT2D eigenvalue weighted by Gasteiger charge is -2.24. The van der Waals surface area contributed by atoms with Crippen molar-refractivity contribution in [3.05, 3.63) is 91.0 Å². The summed E-state index contributed by atoms with van der Waals surface area (Å²) in [6.07, 6.45) is -19.7. The number of hydrogen-bond donors (Lipinski definition) is 18. The first kappa shape index (κ1) is 89.3. The summed E-state index contributed by atoms with van der Waals surface area (Å²) in [6.45, 7) is 15.5. The van der Waals surface area contributed by atoms with Crippen molar-refractivity contribution in [1.29, 1.82) is 0 Å². The molecule has 10 aromatic heterocycles. The molecule has 0 saturated carbocycles. The third-order valence-electron chi connectivity index (χ3n) is 19.8. The second-order valence-electron chi connectivity index (χ2n) is 28.2. The quantitative estimate of drug-likeness (QED) is 0.0467. The highest BCUT2D eigenvalue weighted by atomic mass is 32.1. The van der Waals surface area contributed by atoms with Crippen LogP contribution in [0.4, 0.5) is 50.1 Å². The van der Waals surface area contributed by atoms with E-state index >= 15 is 22.0 Å². The van der Waals surface area contributed by atoms with Crippen LogP contribution in [0.5, 0.6) is 0 Å². The molecular weight excluding hydrogens is 1620 g/mol. The van der Waals surface area contributed by atoms with Gasteiger partial charge in [0.1, 0.15) is 88.9 Å². The number of aliphatic hydroxyl groups is 10. The van der Waals surface area contributed by atoms with E-state index in [1.165, 1.54) is 121 Å². The Labute approximate surface area is 678 Å². The fraction of sp³-hybridized carbons (Fsp3) is 0.493. The Morgan fingerprint density at radius 2 is 0.833 bits per heavy atom. The molecule has 0 aromatic carbocycles. The molecule has 15 heterocycles. The van der Waals surface area contributed by atoms with Crippen LogP contribution in [0.15, 0.2) is 58.0 Å². The van der Waals surface area contributed by atoms with Gasteiger partial charge < -0.3 is 112 Å². The number of fused-ring (bicyclic) bond motifs is 5. The van der Waals surface area contributed by atoms with Crippen LogP contribution in [0.2, 0.25) is 0 Å². The number of H-pyrrole nitrogens is 4. The standard InChI is InChI=1S/C16H17F2N3O4.C15H17FN4O4.C14H16FN5O4.C14H16FN5O3S.C14H16FN5O3/c1-4-5-16(18)12(23)11(7(2)22)25-15(16)21-6-9(17)10-13(21)19-8(3)20-14(10)24;1-3-5-15(16)10(22)9(7(2)21)24-13(15)20-6-4-8-11(20)18-14(17)19-12(8)23;1-3-4-14(15)9(22)8(6(2)21)24-12(14)20-5-17-7-10(20)18-13(16)19-11(7)23;1-3-4-14(15)9(22)8(6(2)21)23-12(14)20-5-17-7-10(20)18-13(16)19-11(7)24;1-3-4-14(15)10(22)9(7(2)21)23-12(14)20-6-18-8-5-17-13(16)19-11(8)20/h6-7,11-12,15,22-23H,1-3H3,(H,19,20,24);4,6-7,9-10,13,21-22H,1-2H3,(H3,17,18,19,23);5-6,8-9,12,21-22H,1-2H3,(H3,16,18,19,23);5-6,8-9,12,21-22H,1-2H3,(H3,16,18,19,24);5-7,9-10,12,21-22H,1-2H3,(H2,16,17,19)/t7-,11-,12+,15-,16?;7-,9-,10+,13-,15?;2*6-,8-,9+,12-,14?;7-,9-,10+,12-,14?/m11111/s1. The first-order chi connectivity index (χ1) is 56.5. The van der Waals surface area contributed by atoms with Crippen molar-refractivity contribution in [3.63, 3.8) is 0 Å². The Morgan fingerprint density at radius 3 is 1.27 bits per heavy atom. The van der Waals surface area contributed by atoms with E-state index in [0.29, 0.717) is 11.0 Å². The Hall–Kier alpha value is -11.5. The summed E-state index contributed by atoms with van der Waals surface area (Å²) in [5.74, 6) is 22.7. The van der Waals surface area contributed by atoms with Crippen molar-refractivity contribution in [1.82, 2.24) is 87.6 Å². The fourth-order valence-corrected chi connectivity index (χ4v) is 14.6. The molecule has 5 aliphatic heterocycles. The molecule has 5 unspecified atom stereocenters. The highest BCUT2D eigenvalue weighted by molar-refractivity contribution is 7.71. The molecule has 5 saturated heterocycles. The third kappa shape index (κ3) is 15.8. The van der Waals surface area contributed by atoms with E-state index in [1.54, 1.807) is 0 Å². The van der Waals surface area contributed by atoms with Gasteiger partial charge in [-0.25, -0.2) is 56.2 Å². The number of hydrogen-bond acceptors (Lipinski definition) is 32. The summed E-state index contributed by atoms with van der Waals surface area (Å²) in [6, 6.07) is 1.44. The molecule has 5 aliphatic rings. The molecule has 0 amide bonds. The number of rotatable bonds is 10. The largest absolute Gasteiger partial charge is 0.391 e. The number of nitrogens with zero attached hydrogens (tertiary/aromatic N) is 14. The van der Waals surface area contributed by atoms with Gasteiger partial charge in [0.05, 0.1) is 61.1 Å². The minimum absolute atomic E-state index is 0.00379. The minimum atomic E-state index is -2.62. The molecule has 0 bridgehead atoms. The summed E-state index contributed by atoms with van der Waals surface area (Å²) in [5.41, 5.74) is 9.13. The molecule has 15 rings (SSSR count). The first-order valence-corrected chi connectivity index (χ1v) is 36.6. The average molecular weight is 1700 g/mol. The van der Waals surface area contributed by atoms with Crippen LogP contribution >= 0.6 is 12.2 Å². The number of anilines is 4. The Kier molecular flexibility index (Phi) is 25.5. The summed E-state index contributed by atoms with van der Waals surface area (Å²) >= 11 is 5.09. The SMILES string of the molecule is CC#CC1(F)[C@@H](O)[C@@H]([C@@H](C)O)O[C@H]1n1cc(F)c2c(=O)[nH]c(C)nc21.CC#CC1(F)[C@@H](O)[C@@H]([C@@H](C)O)O[C@H]1n1ccc2c(=O)[nH]c(N)nc21.CC#CC1(F)[C@@H](O)[C@@H]([C@@H](C)O)O[C@H]1n1cnc2c(=O)[nH]c(N)nc21.CC#CC1(F)[C@@H](O)[C@@H]([C@@H](C)O)O[C@H]1n1cnc2c(=S)nc(N)[nH]c21.CC#CC1(F)[C@@H](O)[C@@H]([C@@H](C)O)O[C@H]1n1cnc2cnc(N)nc21. The molecule has 120 heavy (non-hydrogen) atoms. The zero-order chi connectivity index (χ0) is 88.2. The number of halogens is 6. The van der Waals surface area contributed by atoms with Crippen LogP contribution in [0.1, 0.15) is 106 Å². The van der Waals surface area contributed by atoms with Gasteiger partial charge in [-0.2, -0.15) is 15.0 Å². The smallest absolute Gasteiger partial charge is 0.280 e. The van der Waals surface area contributed by atoms with E-state index in [0.717, 1.165) is 21.7 Å². The lowest BCUT2D eigenvalue weighted by Crippen LogP contribution is -2.44. The van der Waals surface area contributed by atoms with E-state index in [2.05, 4.69) is 124 Å². The summed E-state index contributed by atoms with van der Waals surface area (Å²) in [5, 5.41) is 99.9. The maximum Gasteiger partial charge on any atom is 0.280 e. The van der Waals surface area contributed by atoms with Gasteiger partial charge in [-0.3, -0.25) is 42.6 Å². The summed E-state index contributed by atoms with van der Waals surface area (Å²) in [7, 11) is 0. The van der Waals surface area contributed by atoms with Crippen LogP contribution in [-0.4, -0.2) is 259 Å². The van der Waals surface area contributed by atoms with E-state index in [4.69, 9.17) is 58.8 Å². The third-order valence-corrected chi connectivity index (χ3v) is 20.0. The van der Waals surface area contributed by atoms with E-state index in [9.17, 15) is 69.8 Å². The Morgan fingerprint density at radius 1 is 0.458 bits per heavy atom. The number of alkyl halides is 5. The Balaban J connectivity index is 0.000000147. The molecular formula is C73H82F6N22O18S. The molecule has 0 spiro atoms. The van der Waals surface area contributed by atoms with Gasteiger partial charge in [0, 0.05) is 12.4 Å². The van der Waals surface area contributed by atoms with Gasteiger partial charge >= 0.3 is 0 Å². The van der Waals surface area contributed by atoms with Crippen molar-refractivity contribution in [2.24, 2.45) is 0 Å². The van der Waals surface area contributed by atoms with E-state index in [-0.39, 0.29) is 78.8 Å². The lowest BCUT2D eigenvalue weighted by molar-refractivity contribution is -0.0776. The van der Waals surface area contributed by atoms with Gasteiger partial charge in [0.25, 0.3) is 16.7 Å². The van der Waals surface area contributed by atoms with Crippen LogP contribution in [0.3, 0.4) is 0 Å². The van der Waals surface area contributed by atoms with E-state index in [1.807, 2.05) is 0 Å². The van der Waals surface area contributed by atoms with Crippen molar-refractivity contribution in [2.75, 3.05) is 22.9 Å². The van der Waals surface area contributed by atoms with E-state index < -0.39 is 174 Å². The van der Waals surface area contributed by atoms with Gasteiger partial charge in [-0.1, -0.05) is 41.8 Å². The zero-order valence-electron chi connectivity index (χ0n) is 65.1. The number of aryl methyl sites for hydroxylation is 1. The summed E-state index contributed by atoms with van der Waals surface area (Å²) < 4.78 is 125. The number of aliphatic hydroxyl groups excluding tert-OH is 10. The van der Waals surface area contributed by atoms with Crippen LogP contribution < -0.4 is 39.6 Å². The number of imidazole rings is 3. The van der Waals surface area contributed by atoms with Crippen molar-refractivity contribution >= 4 is 91.6 Å². The van der Waals surface area contributed by atoms with Gasteiger partial charge in [-0.15, -0.1) is 29.6 Å². The lowest BCUT2D eigenvalue weighted by atomic mass is 9.94. The van der Waals surface area contributed by atoms with Crippen molar-refractivity contribution in [2.45, 2.75) is 227 Å². The highest BCUT2D eigenvalue weighted by Gasteiger charge is 2.64. The molecule has 25 atom stereocenters. The second-order valence-corrected chi connectivity index (χ2v) is 28.6. The molecule has 640 valence electrons. The normalized spacial score (nSPS) is 31.0. The van der Waals surface area contributed by atoms with Crippen LogP contribution in [-0.2, 0) is 23.7 Å². The number of aromatic nitrogens is 18. The molecule has 0 radical (unpaired) electrons. The minimum Gasteiger partial charge on any atom is -0.391 e. The molecule has 47 heteroatoms. The molecule has 5 fully saturated rings. The molecule has 0 aliphatic carbocycles. The summed E-state index contributed by atoms with van der Waals surface area (Å²) in [4.78, 5) is 81.3. The number of nitrogen functional groups attached to an aromatic ring is 4.